The highest BCUT2D eigenvalue weighted by Crippen LogP contribution is 2.33. The van der Waals surface area contributed by atoms with E-state index in [1.165, 1.54) is 0 Å². The standard InChI is InChI=1S/C17H12N2O3/c18-10-20-15-3-1-2-14-13(15)6-7-19(14)9-12-4-5-16-17(8-12)22-11-21-16/h1-8H,9,11H2. The Bertz CT molecular complexity index is 893. The van der Waals surface area contributed by atoms with Gasteiger partial charge in [-0.3, -0.25) is 0 Å². The zero-order valence-electron chi connectivity index (χ0n) is 11.7. The third kappa shape index (κ3) is 2.02. The fourth-order valence-corrected chi connectivity index (χ4v) is 2.71. The summed E-state index contributed by atoms with van der Waals surface area (Å²) in [6.07, 6.45) is 3.71. The molecule has 0 saturated carbocycles. The summed E-state index contributed by atoms with van der Waals surface area (Å²) in [5.74, 6) is 2.14. The summed E-state index contributed by atoms with van der Waals surface area (Å²) in [6.45, 7) is 0.982. The first-order chi connectivity index (χ1) is 10.8. The van der Waals surface area contributed by atoms with Crippen LogP contribution in [0.15, 0.2) is 48.7 Å². The molecule has 0 saturated heterocycles. The molecule has 0 amide bonds. The highest BCUT2D eigenvalue weighted by atomic mass is 16.7. The average molecular weight is 292 g/mol. The summed E-state index contributed by atoms with van der Waals surface area (Å²) in [4.78, 5) is 0. The lowest BCUT2D eigenvalue weighted by atomic mass is 10.2. The smallest absolute Gasteiger partial charge is 0.292 e. The van der Waals surface area contributed by atoms with Crippen LogP contribution in [0.1, 0.15) is 5.56 Å². The van der Waals surface area contributed by atoms with E-state index in [0.717, 1.165) is 28.0 Å². The highest BCUT2D eigenvalue weighted by molar-refractivity contribution is 5.86. The Morgan fingerprint density at radius 2 is 2.05 bits per heavy atom. The second-order valence-corrected chi connectivity index (χ2v) is 5.01. The maximum absolute atomic E-state index is 8.71. The van der Waals surface area contributed by atoms with Crippen molar-refractivity contribution >= 4 is 10.9 Å². The molecule has 0 aliphatic carbocycles. The van der Waals surface area contributed by atoms with Crippen LogP contribution in [0.5, 0.6) is 17.2 Å². The summed E-state index contributed by atoms with van der Waals surface area (Å²) in [5.41, 5.74) is 2.14. The predicted octanol–water partition coefficient (Wildman–Crippen LogP) is 3.28. The van der Waals surface area contributed by atoms with Crippen molar-refractivity contribution < 1.29 is 14.2 Å². The molecule has 4 rings (SSSR count). The molecule has 0 radical (unpaired) electrons. The number of hydrogen-bond donors (Lipinski definition) is 0. The lowest BCUT2D eigenvalue weighted by Gasteiger charge is -2.07. The maximum Gasteiger partial charge on any atom is 0.292 e. The molecule has 2 aromatic carbocycles. The normalized spacial score (nSPS) is 12.3. The van der Waals surface area contributed by atoms with Gasteiger partial charge in [0.2, 0.25) is 6.79 Å². The Kier molecular flexibility index (Phi) is 2.87. The third-order valence-electron chi connectivity index (χ3n) is 3.72. The van der Waals surface area contributed by atoms with E-state index in [4.69, 9.17) is 19.5 Å². The Hall–Kier alpha value is -3.13. The molecule has 0 fully saturated rings. The van der Waals surface area contributed by atoms with Gasteiger partial charge in [0, 0.05) is 18.1 Å². The van der Waals surface area contributed by atoms with Gasteiger partial charge in [-0.1, -0.05) is 12.1 Å². The number of hydrogen-bond acceptors (Lipinski definition) is 4. The van der Waals surface area contributed by atoms with E-state index >= 15 is 0 Å². The van der Waals surface area contributed by atoms with Gasteiger partial charge < -0.3 is 18.8 Å². The summed E-state index contributed by atoms with van der Waals surface area (Å²) < 4.78 is 17.8. The second kappa shape index (κ2) is 5.01. The Balaban J connectivity index is 1.70. The molecule has 1 aliphatic rings. The van der Waals surface area contributed by atoms with Crippen LogP contribution in [0, 0.1) is 11.5 Å². The molecule has 0 unspecified atom stereocenters. The minimum Gasteiger partial charge on any atom is -0.454 e. The van der Waals surface area contributed by atoms with Gasteiger partial charge in [0.05, 0.1) is 5.52 Å². The van der Waals surface area contributed by atoms with E-state index in [1.54, 1.807) is 12.3 Å². The van der Waals surface area contributed by atoms with Crippen molar-refractivity contribution in [2.24, 2.45) is 0 Å². The number of rotatable bonds is 3. The maximum atomic E-state index is 8.71. The first kappa shape index (κ1) is 12.6. The molecule has 1 aromatic heterocycles. The van der Waals surface area contributed by atoms with Gasteiger partial charge in [-0.05, 0) is 35.9 Å². The minimum atomic E-state index is 0.278. The van der Waals surface area contributed by atoms with Gasteiger partial charge >= 0.3 is 0 Å². The van der Waals surface area contributed by atoms with Gasteiger partial charge in [0.1, 0.15) is 0 Å². The Morgan fingerprint density at radius 1 is 1.14 bits per heavy atom. The topological polar surface area (TPSA) is 56.4 Å². The van der Waals surface area contributed by atoms with Gasteiger partial charge in [0.25, 0.3) is 6.26 Å². The van der Waals surface area contributed by atoms with Crippen molar-refractivity contribution in [3.05, 3.63) is 54.2 Å². The molecular formula is C17H12N2O3. The van der Waals surface area contributed by atoms with Gasteiger partial charge in [-0.25, -0.2) is 0 Å². The molecule has 5 heteroatoms. The number of aromatic nitrogens is 1. The van der Waals surface area contributed by atoms with Crippen LogP contribution in [-0.2, 0) is 6.54 Å². The van der Waals surface area contributed by atoms with Crippen molar-refractivity contribution in [1.82, 2.24) is 4.57 Å². The third-order valence-corrected chi connectivity index (χ3v) is 3.72. The number of benzene rings is 2. The van der Waals surface area contributed by atoms with Crippen LogP contribution in [-0.4, -0.2) is 11.4 Å². The lowest BCUT2D eigenvalue weighted by Crippen LogP contribution is -1.98. The van der Waals surface area contributed by atoms with Crippen molar-refractivity contribution in [2.45, 2.75) is 6.54 Å². The molecule has 5 nitrogen and oxygen atoms in total. The Labute approximate surface area is 126 Å². The molecule has 1 aliphatic heterocycles. The van der Waals surface area contributed by atoms with Gasteiger partial charge in [0.15, 0.2) is 17.2 Å². The summed E-state index contributed by atoms with van der Waals surface area (Å²) in [6, 6.07) is 13.6. The van der Waals surface area contributed by atoms with Crippen LogP contribution in [0.3, 0.4) is 0 Å². The summed E-state index contributed by atoms with van der Waals surface area (Å²) >= 11 is 0. The lowest BCUT2D eigenvalue weighted by molar-refractivity contribution is 0.174. The van der Waals surface area contributed by atoms with Gasteiger partial charge in [-0.2, -0.15) is 0 Å². The number of ether oxygens (including phenoxy) is 3. The van der Waals surface area contributed by atoms with Crippen molar-refractivity contribution in [3.63, 3.8) is 0 Å². The van der Waals surface area contributed by atoms with E-state index in [1.807, 2.05) is 42.6 Å². The molecular weight excluding hydrogens is 280 g/mol. The Morgan fingerprint density at radius 3 is 2.95 bits per heavy atom. The van der Waals surface area contributed by atoms with Crippen LogP contribution in [0.4, 0.5) is 0 Å². The highest BCUT2D eigenvalue weighted by Gasteiger charge is 2.14. The summed E-state index contributed by atoms with van der Waals surface area (Å²) in [7, 11) is 0. The molecule has 2 heterocycles. The fourth-order valence-electron chi connectivity index (χ4n) is 2.71. The molecule has 3 aromatic rings. The molecule has 0 atom stereocenters. The van der Waals surface area contributed by atoms with Crippen molar-refractivity contribution in [2.75, 3.05) is 6.79 Å². The monoisotopic (exact) mass is 292 g/mol. The van der Waals surface area contributed by atoms with E-state index in [2.05, 4.69) is 4.57 Å². The van der Waals surface area contributed by atoms with Crippen LogP contribution in [0.2, 0.25) is 0 Å². The number of fused-ring (bicyclic) bond motifs is 2. The zero-order valence-corrected chi connectivity index (χ0v) is 11.7. The number of nitrogens with zero attached hydrogens (tertiary/aromatic N) is 2. The average Bonchev–Trinajstić information content (AvgIpc) is 3.15. The molecule has 22 heavy (non-hydrogen) atoms. The van der Waals surface area contributed by atoms with Crippen molar-refractivity contribution in [3.8, 4) is 23.5 Å². The first-order valence-corrected chi connectivity index (χ1v) is 6.87. The molecule has 108 valence electrons. The SMILES string of the molecule is N#COc1cccc2c1ccn2Cc1ccc2c(c1)OCO2. The minimum absolute atomic E-state index is 0.278. The van der Waals surface area contributed by atoms with Crippen LogP contribution in [0.25, 0.3) is 10.9 Å². The second-order valence-electron chi connectivity index (χ2n) is 5.01. The van der Waals surface area contributed by atoms with Gasteiger partial charge in [-0.15, -0.1) is 5.26 Å². The van der Waals surface area contributed by atoms with Crippen LogP contribution >= 0.6 is 0 Å². The fraction of sp³-hybridized carbons (Fsp3) is 0.118. The van der Waals surface area contributed by atoms with Crippen LogP contribution < -0.4 is 14.2 Å². The number of nitriles is 1. The zero-order chi connectivity index (χ0) is 14.9. The van der Waals surface area contributed by atoms with Crippen molar-refractivity contribution in [1.29, 1.82) is 5.26 Å². The largest absolute Gasteiger partial charge is 0.454 e. The quantitative estimate of drug-likeness (QED) is 0.695. The van der Waals surface area contributed by atoms with E-state index in [9.17, 15) is 0 Å². The van der Waals surface area contributed by atoms with E-state index < -0.39 is 0 Å². The molecule has 0 bridgehead atoms. The predicted molar refractivity (Wildman–Crippen MR) is 79.8 cm³/mol. The van der Waals surface area contributed by atoms with E-state index in [0.29, 0.717) is 12.3 Å². The molecule has 0 spiro atoms. The summed E-state index contributed by atoms with van der Waals surface area (Å²) in [5, 5.41) is 9.63. The first-order valence-electron chi connectivity index (χ1n) is 6.87. The molecule has 0 N–H and O–H groups in total. The van der Waals surface area contributed by atoms with E-state index in [-0.39, 0.29) is 6.79 Å².